The predicted molar refractivity (Wildman–Crippen MR) is 150 cm³/mol. The van der Waals surface area contributed by atoms with E-state index in [0.29, 0.717) is 18.4 Å². The lowest BCUT2D eigenvalue weighted by Crippen LogP contribution is -2.60. The molecule has 0 bridgehead atoms. The number of Topliss-reactive ketones (excluding diaryl/α,β-unsaturated/α-hetero) is 1. The Hall–Kier alpha value is -3.70. The van der Waals surface area contributed by atoms with Crippen LogP contribution in [-0.4, -0.2) is 74.1 Å². The van der Waals surface area contributed by atoms with Crippen LogP contribution in [0.3, 0.4) is 0 Å². The van der Waals surface area contributed by atoms with Gasteiger partial charge in [0.2, 0.25) is 11.6 Å². The molecule has 1 amide bonds. The predicted octanol–water partition coefficient (Wildman–Crippen LogP) is 2.07. The minimum Gasteiger partial charge on any atom is -0.510 e. The van der Waals surface area contributed by atoms with E-state index in [0.717, 1.165) is 16.7 Å². The Morgan fingerprint density at radius 1 is 1.12 bits per heavy atom. The molecule has 1 saturated heterocycles. The second-order valence-electron chi connectivity index (χ2n) is 12.7. The minimum absolute atomic E-state index is 0.0281. The van der Waals surface area contributed by atoms with Crippen LogP contribution < -0.4 is 11.5 Å². The van der Waals surface area contributed by atoms with Crippen molar-refractivity contribution in [2.75, 3.05) is 14.1 Å². The first-order valence-electron chi connectivity index (χ1n) is 13.7. The molecule has 41 heavy (non-hydrogen) atoms. The molecular formula is C31H35N3O7. The lowest BCUT2D eigenvalue weighted by atomic mass is 9.58. The second-order valence-corrected chi connectivity index (χ2v) is 12.7. The number of nitrogens with zero attached hydrogens (tertiary/aromatic N) is 1. The molecule has 2 fully saturated rings. The van der Waals surface area contributed by atoms with E-state index in [-0.39, 0.29) is 34.6 Å². The van der Waals surface area contributed by atoms with Gasteiger partial charge in [0.25, 0.3) is 5.91 Å². The monoisotopic (exact) mass is 561 g/mol. The molecule has 0 radical (unpaired) electrons. The highest BCUT2D eigenvalue weighted by atomic mass is 16.8. The number of likely N-dealkylation sites (N-methyl/N-ethyl adjacent to an activating group) is 1. The van der Waals surface area contributed by atoms with Gasteiger partial charge in [-0.15, -0.1) is 0 Å². The number of primary amides is 1. The summed E-state index contributed by atoms with van der Waals surface area (Å²) in [4.78, 5) is 28.1. The fourth-order valence-electron chi connectivity index (χ4n) is 7.45. The third kappa shape index (κ3) is 3.71. The molecule has 6 rings (SSSR count). The van der Waals surface area contributed by atoms with Gasteiger partial charge < -0.3 is 36.6 Å². The molecule has 216 valence electrons. The summed E-state index contributed by atoms with van der Waals surface area (Å²) >= 11 is 0. The van der Waals surface area contributed by atoms with Gasteiger partial charge in [-0.3, -0.25) is 14.5 Å². The van der Waals surface area contributed by atoms with Crippen LogP contribution >= 0.6 is 0 Å². The highest BCUT2D eigenvalue weighted by Crippen LogP contribution is 2.67. The molecule has 10 heteroatoms. The lowest BCUT2D eigenvalue weighted by molar-refractivity contribution is -0.127. The van der Waals surface area contributed by atoms with Crippen LogP contribution in [0, 0.1) is 11.8 Å². The number of phenols is 1. The van der Waals surface area contributed by atoms with Crippen molar-refractivity contribution in [3.05, 3.63) is 70.0 Å². The molecule has 0 aromatic heterocycles. The van der Waals surface area contributed by atoms with Gasteiger partial charge in [0.15, 0.2) is 5.60 Å². The molecule has 8 N–H and O–H groups in total. The van der Waals surface area contributed by atoms with Crippen molar-refractivity contribution in [3.63, 3.8) is 0 Å². The normalized spacial score (nSPS) is 30.5. The Balaban J connectivity index is 1.47. The maximum Gasteiger partial charge on any atom is 0.253 e. The third-order valence-electron chi connectivity index (χ3n) is 9.04. The maximum atomic E-state index is 14.2. The van der Waals surface area contributed by atoms with Crippen molar-refractivity contribution in [1.82, 2.24) is 4.90 Å². The quantitative estimate of drug-likeness (QED) is 0.298. The van der Waals surface area contributed by atoms with Gasteiger partial charge in [0.1, 0.15) is 22.8 Å². The van der Waals surface area contributed by atoms with Gasteiger partial charge in [-0.05, 0) is 81.4 Å². The van der Waals surface area contributed by atoms with Gasteiger partial charge in [-0.1, -0.05) is 30.3 Å². The summed E-state index contributed by atoms with van der Waals surface area (Å²) in [5, 5.41) is 44.8. The number of carbonyl (C=O) groups is 2. The Labute approximate surface area is 237 Å². The van der Waals surface area contributed by atoms with Crippen molar-refractivity contribution in [2.45, 2.75) is 56.1 Å². The number of aliphatic hydroxyl groups excluding tert-OH is 2. The van der Waals surface area contributed by atoms with Crippen molar-refractivity contribution in [1.29, 1.82) is 0 Å². The van der Waals surface area contributed by atoms with Crippen molar-refractivity contribution < 1.29 is 34.8 Å². The summed E-state index contributed by atoms with van der Waals surface area (Å²) < 4.78 is 5.69. The molecule has 3 aliphatic carbocycles. The summed E-state index contributed by atoms with van der Waals surface area (Å²) in [7, 11) is 3.38. The van der Waals surface area contributed by atoms with Crippen LogP contribution in [0.2, 0.25) is 0 Å². The first-order chi connectivity index (χ1) is 19.1. The number of carbonyl (C=O) groups excluding carboxylic acids is 2. The summed E-state index contributed by atoms with van der Waals surface area (Å²) in [6.45, 7) is 3.93. The number of ketones is 1. The van der Waals surface area contributed by atoms with E-state index >= 15 is 0 Å². The fraction of sp³-hybridized carbons (Fsp3) is 0.419. The SMILES string of the molecule is CN(C)[C@@H]1C(O)=C(C(N)=O)C2(O)O[C@@]23C(=O)C2=C(O)c4c(O)ccc(-c5ccc(CC(C)(C)N)cc5)c4C[C@H]2C[C@@H]13. The largest absolute Gasteiger partial charge is 0.510 e. The van der Waals surface area contributed by atoms with Crippen LogP contribution in [0.25, 0.3) is 16.9 Å². The molecule has 1 unspecified atom stereocenters. The molecule has 5 atom stereocenters. The van der Waals surface area contributed by atoms with E-state index in [1.165, 1.54) is 6.07 Å². The van der Waals surface area contributed by atoms with Gasteiger partial charge in [-0.2, -0.15) is 0 Å². The smallest absolute Gasteiger partial charge is 0.253 e. The molecule has 2 aromatic rings. The van der Waals surface area contributed by atoms with E-state index in [1.54, 1.807) is 25.1 Å². The molecule has 1 saturated carbocycles. The first kappa shape index (κ1) is 27.5. The maximum absolute atomic E-state index is 14.2. The average Bonchev–Trinajstić information content (AvgIpc) is 3.49. The molecule has 10 nitrogen and oxygen atoms in total. The Bertz CT molecular complexity index is 1570. The number of aliphatic hydroxyl groups is 3. The standard InChI is InChI=1S/C31H35N3O7/c1-29(2,33)13-14-5-7-15(8-6-14)17-9-10-20(35)22-18(17)11-16-12-19-24(34(3)4)26(37)23(28(32)39)31(40)30(19,41-31)27(38)21(16)25(22)36/h5-10,16,19,24,35-37,40H,11-13,33H2,1-4H3,(H2,32,39)/t16-,19-,24-,30-,31?/m0/s1. The van der Waals surface area contributed by atoms with Gasteiger partial charge >= 0.3 is 0 Å². The zero-order valence-corrected chi connectivity index (χ0v) is 23.4. The Morgan fingerprint density at radius 2 is 1.78 bits per heavy atom. The van der Waals surface area contributed by atoms with Gasteiger partial charge in [0.05, 0.1) is 11.6 Å². The number of rotatable bonds is 5. The number of ether oxygens (including phenoxy) is 1. The third-order valence-corrected chi connectivity index (χ3v) is 9.04. The zero-order chi connectivity index (χ0) is 29.8. The molecule has 4 aliphatic rings. The van der Waals surface area contributed by atoms with Crippen molar-refractivity contribution in [3.8, 4) is 16.9 Å². The van der Waals surface area contributed by atoms with Crippen LogP contribution in [0.4, 0.5) is 0 Å². The number of hydrogen-bond acceptors (Lipinski definition) is 9. The topological polar surface area (TPSA) is 183 Å². The summed E-state index contributed by atoms with van der Waals surface area (Å²) in [5.74, 6) is -6.41. The highest BCUT2D eigenvalue weighted by Gasteiger charge is 2.85. The number of epoxide rings is 1. The second kappa shape index (κ2) is 8.65. The zero-order valence-electron chi connectivity index (χ0n) is 23.4. The van der Waals surface area contributed by atoms with Crippen LogP contribution in [0.1, 0.15) is 37.0 Å². The van der Waals surface area contributed by atoms with E-state index in [1.807, 2.05) is 38.1 Å². The molecule has 1 heterocycles. The summed E-state index contributed by atoms with van der Waals surface area (Å²) in [5.41, 5.74) is 12.5. The van der Waals surface area contributed by atoms with Crippen molar-refractivity contribution in [2.24, 2.45) is 23.3 Å². The summed E-state index contributed by atoms with van der Waals surface area (Å²) in [6.07, 6.45) is 1.27. The minimum atomic E-state index is -2.40. The number of fused-ring (bicyclic) bond motifs is 2. The van der Waals surface area contributed by atoms with Crippen LogP contribution in [0.15, 0.2) is 53.3 Å². The van der Waals surface area contributed by atoms with Crippen molar-refractivity contribution >= 4 is 17.4 Å². The Kier molecular flexibility index (Phi) is 5.80. The van der Waals surface area contributed by atoms with E-state index in [2.05, 4.69) is 0 Å². The molecule has 2 aromatic carbocycles. The number of amides is 1. The fourth-order valence-corrected chi connectivity index (χ4v) is 7.45. The Morgan fingerprint density at radius 3 is 2.37 bits per heavy atom. The van der Waals surface area contributed by atoms with E-state index in [4.69, 9.17) is 16.2 Å². The van der Waals surface area contributed by atoms with E-state index in [9.17, 15) is 30.0 Å². The molecule has 1 spiro atoms. The molecular weight excluding hydrogens is 526 g/mol. The van der Waals surface area contributed by atoms with Gasteiger partial charge in [0, 0.05) is 17.0 Å². The van der Waals surface area contributed by atoms with Gasteiger partial charge in [-0.25, -0.2) is 0 Å². The number of aromatic hydroxyl groups is 1. The van der Waals surface area contributed by atoms with E-state index < -0.39 is 52.3 Å². The molecule has 1 aliphatic heterocycles. The average molecular weight is 562 g/mol. The number of nitrogens with two attached hydrogens (primary N) is 2. The number of phenolic OH excluding ortho intramolecular Hbond substituents is 1. The highest BCUT2D eigenvalue weighted by molar-refractivity contribution is 6.14. The first-order valence-corrected chi connectivity index (χ1v) is 13.7. The van der Waals surface area contributed by atoms with Crippen LogP contribution in [-0.2, 0) is 27.2 Å². The number of benzene rings is 2. The summed E-state index contributed by atoms with van der Waals surface area (Å²) in [6, 6.07) is 10.4. The van der Waals surface area contributed by atoms with Crippen LogP contribution in [0.5, 0.6) is 5.75 Å². The lowest BCUT2D eigenvalue weighted by Gasteiger charge is -2.46. The number of hydrogen-bond donors (Lipinski definition) is 6.